The molecule has 1 aliphatic carbocycles. The van der Waals surface area contributed by atoms with E-state index in [4.69, 9.17) is 11.6 Å². The van der Waals surface area contributed by atoms with Crippen molar-refractivity contribution in [1.82, 2.24) is 5.32 Å². The highest BCUT2D eigenvalue weighted by atomic mass is 35.5. The molecule has 0 bridgehead atoms. The Kier molecular flexibility index (Phi) is 5.26. The Labute approximate surface area is 120 Å². The molecule has 1 N–H and O–H groups in total. The second kappa shape index (κ2) is 6.95. The summed E-state index contributed by atoms with van der Waals surface area (Å²) in [5, 5.41) is 3.51. The van der Waals surface area contributed by atoms with Gasteiger partial charge < -0.3 is 5.32 Å². The zero-order chi connectivity index (χ0) is 13.7. The van der Waals surface area contributed by atoms with Crippen molar-refractivity contribution in [2.45, 2.75) is 44.4 Å². The van der Waals surface area contributed by atoms with Crippen LogP contribution in [0, 0.1) is 5.92 Å². The van der Waals surface area contributed by atoms with Crippen LogP contribution >= 0.6 is 11.6 Å². The highest BCUT2D eigenvalue weighted by Gasteiger charge is 2.26. The highest BCUT2D eigenvalue weighted by Crippen LogP contribution is 2.38. The maximum atomic E-state index is 11.8. The highest BCUT2D eigenvalue weighted by molar-refractivity contribution is 6.30. The number of rotatable bonds is 4. The van der Waals surface area contributed by atoms with Gasteiger partial charge in [0.2, 0.25) is 5.91 Å². The van der Waals surface area contributed by atoms with Crippen LogP contribution in [0.5, 0.6) is 0 Å². The van der Waals surface area contributed by atoms with Gasteiger partial charge in [-0.15, -0.1) is 0 Å². The van der Waals surface area contributed by atoms with Gasteiger partial charge in [0, 0.05) is 18.5 Å². The minimum absolute atomic E-state index is 0.130. The molecule has 2 rings (SSSR count). The quantitative estimate of drug-likeness (QED) is 0.882. The predicted octanol–water partition coefficient (Wildman–Crippen LogP) is 4.14. The molecule has 0 saturated heterocycles. The van der Waals surface area contributed by atoms with Gasteiger partial charge in [0.25, 0.3) is 0 Å². The molecule has 1 atom stereocenters. The fourth-order valence-electron chi connectivity index (χ4n) is 3.10. The zero-order valence-electron chi connectivity index (χ0n) is 11.5. The van der Waals surface area contributed by atoms with Crippen LogP contribution in [0.25, 0.3) is 0 Å². The summed E-state index contributed by atoms with van der Waals surface area (Å²) in [6, 6.07) is 8.00. The molecule has 1 amide bonds. The van der Waals surface area contributed by atoms with E-state index < -0.39 is 0 Å². The van der Waals surface area contributed by atoms with E-state index in [-0.39, 0.29) is 5.91 Å². The van der Waals surface area contributed by atoms with Gasteiger partial charge in [-0.3, -0.25) is 4.79 Å². The summed E-state index contributed by atoms with van der Waals surface area (Å²) in [6.07, 6.45) is 6.99. The van der Waals surface area contributed by atoms with Crippen LogP contribution in [0.2, 0.25) is 5.02 Å². The van der Waals surface area contributed by atoms with E-state index in [1.807, 2.05) is 12.1 Å². The van der Waals surface area contributed by atoms with Crippen molar-refractivity contribution in [2.24, 2.45) is 5.92 Å². The Balaban J connectivity index is 2.17. The van der Waals surface area contributed by atoms with Crippen LogP contribution < -0.4 is 5.32 Å². The van der Waals surface area contributed by atoms with Crippen molar-refractivity contribution in [3.8, 4) is 0 Å². The topological polar surface area (TPSA) is 29.1 Å². The first-order valence-corrected chi connectivity index (χ1v) is 7.54. The monoisotopic (exact) mass is 279 g/mol. The lowest BCUT2D eigenvalue weighted by Gasteiger charge is -2.30. The first kappa shape index (κ1) is 14.4. The van der Waals surface area contributed by atoms with Crippen molar-refractivity contribution >= 4 is 17.5 Å². The maximum absolute atomic E-state index is 11.8. The van der Waals surface area contributed by atoms with Crippen LogP contribution in [0.1, 0.15) is 50.0 Å². The van der Waals surface area contributed by atoms with Gasteiger partial charge in [0.05, 0.1) is 0 Å². The van der Waals surface area contributed by atoms with E-state index in [9.17, 15) is 4.79 Å². The molecule has 1 aromatic rings. The summed E-state index contributed by atoms with van der Waals surface area (Å²) < 4.78 is 0. The van der Waals surface area contributed by atoms with Crippen molar-refractivity contribution in [1.29, 1.82) is 0 Å². The molecule has 0 spiro atoms. The van der Waals surface area contributed by atoms with Crippen molar-refractivity contribution in [3.05, 3.63) is 34.9 Å². The first-order valence-electron chi connectivity index (χ1n) is 7.16. The van der Waals surface area contributed by atoms with Crippen LogP contribution in [-0.2, 0) is 4.79 Å². The Morgan fingerprint density at radius 2 is 1.89 bits per heavy atom. The van der Waals surface area contributed by atoms with Gasteiger partial charge >= 0.3 is 0 Å². The standard InChI is InChI=1S/C16H22ClNO/c1-18-16(19)11-15(12-5-3-2-4-6-12)13-7-9-14(17)10-8-13/h7-10,12,15H,2-6,11H2,1H3,(H,18,19). The third kappa shape index (κ3) is 3.97. The zero-order valence-corrected chi connectivity index (χ0v) is 12.2. The lowest BCUT2D eigenvalue weighted by atomic mass is 9.75. The normalized spacial score (nSPS) is 18.0. The third-order valence-corrected chi connectivity index (χ3v) is 4.45. The maximum Gasteiger partial charge on any atom is 0.220 e. The van der Waals surface area contributed by atoms with Gasteiger partial charge in [-0.1, -0.05) is 43.0 Å². The number of amides is 1. The van der Waals surface area contributed by atoms with Gasteiger partial charge in [-0.2, -0.15) is 0 Å². The molecule has 1 aliphatic rings. The molecule has 19 heavy (non-hydrogen) atoms. The second-order valence-electron chi connectivity index (χ2n) is 5.43. The van der Waals surface area contributed by atoms with E-state index >= 15 is 0 Å². The molecule has 3 heteroatoms. The molecule has 0 aromatic heterocycles. The second-order valence-corrected chi connectivity index (χ2v) is 5.87. The summed E-state index contributed by atoms with van der Waals surface area (Å²) in [4.78, 5) is 11.8. The number of benzene rings is 1. The molecule has 1 unspecified atom stereocenters. The number of hydrogen-bond acceptors (Lipinski definition) is 1. The third-order valence-electron chi connectivity index (χ3n) is 4.20. The molecule has 104 valence electrons. The first-order chi connectivity index (χ1) is 9.20. The lowest BCUT2D eigenvalue weighted by molar-refractivity contribution is -0.121. The number of carbonyl (C=O) groups excluding carboxylic acids is 1. The molecular weight excluding hydrogens is 258 g/mol. The van der Waals surface area contributed by atoms with Crippen molar-refractivity contribution < 1.29 is 4.79 Å². The van der Waals surface area contributed by atoms with E-state index in [0.717, 1.165) is 5.02 Å². The van der Waals surface area contributed by atoms with Crippen LogP contribution in [0.15, 0.2) is 24.3 Å². The summed E-state index contributed by atoms with van der Waals surface area (Å²) >= 11 is 5.96. The number of halogens is 1. The molecule has 1 aromatic carbocycles. The summed E-state index contributed by atoms with van der Waals surface area (Å²) in [5.41, 5.74) is 1.25. The SMILES string of the molecule is CNC(=O)CC(c1ccc(Cl)cc1)C1CCCCC1. The van der Waals surface area contributed by atoms with Gasteiger partial charge in [0.1, 0.15) is 0 Å². The number of hydrogen-bond donors (Lipinski definition) is 1. The van der Waals surface area contributed by atoms with Crippen LogP contribution in [0.4, 0.5) is 0 Å². The minimum atomic E-state index is 0.130. The summed E-state index contributed by atoms with van der Waals surface area (Å²) in [5.74, 6) is 1.09. The van der Waals surface area contributed by atoms with Crippen LogP contribution in [-0.4, -0.2) is 13.0 Å². The Bertz CT molecular complexity index is 409. The minimum Gasteiger partial charge on any atom is -0.359 e. The largest absolute Gasteiger partial charge is 0.359 e. The lowest BCUT2D eigenvalue weighted by Crippen LogP contribution is -2.25. The molecular formula is C16H22ClNO. The molecule has 0 heterocycles. The van der Waals surface area contributed by atoms with E-state index in [1.165, 1.54) is 37.7 Å². The Hall–Kier alpha value is -1.02. The fraction of sp³-hybridized carbons (Fsp3) is 0.562. The Morgan fingerprint density at radius 3 is 2.47 bits per heavy atom. The fourth-order valence-corrected chi connectivity index (χ4v) is 3.23. The smallest absolute Gasteiger partial charge is 0.220 e. The van der Waals surface area contributed by atoms with Gasteiger partial charge in [-0.05, 0) is 42.4 Å². The molecule has 2 nitrogen and oxygen atoms in total. The van der Waals surface area contributed by atoms with E-state index in [0.29, 0.717) is 18.3 Å². The molecule has 0 radical (unpaired) electrons. The molecule has 0 aliphatic heterocycles. The van der Waals surface area contributed by atoms with Crippen molar-refractivity contribution in [3.63, 3.8) is 0 Å². The summed E-state index contributed by atoms with van der Waals surface area (Å²) in [6.45, 7) is 0. The average Bonchev–Trinajstić information content (AvgIpc) is 2.46. The number of nitrogens with one attached hydrogen (secondary N) is 1. The number of carbonyl (C=O) groups is 1. The molecule has 1 fully saturated rings. The van der Waals surface area contributed by atoms with Gasteiger partial charge in [0.15, 0.2) is 0 Å². The van der Waals surface area contributed by atoms with Gasteiger partial charge in [-0.25, -0.2) is 0 Å². The summed E-state index contributed by atoms with van der Waals surface area (Å²) in [7, 11) is 1.71. The Morgan fingerprint density at radius 1 is 1.26 bits per heavy atom. The van der Waals surface area contributed by atoms with Crippen molar-refractivity contribution in [2.75, 3.05) is 7.05 Å². The van der Waals surface area contributed by atoms with E-state index in [2.05, 4.69) is 17.4 Å². The average molecular weight is 280 g/mol. The van der Waals surface area contributed by atoms with Crippen LogP contribution in [0.3, 0.4) is 0 Å². The molecule has 1 saturated carbocycles. The van der Waals surface area contributed by atoms with E-state index in [1.54, 1.807) is 7.05 Å². The predicted molar refractivity (Wildman–Crippen MR) is 79.5 cm³/mol.